The van der Waals surface area contributed by atoms with Gasteiger partial charge in [0.1, 0.15) is 0 Å². The van der Waals surface area contributed by atoms with Crippen molar-refractivity contribution in [3.05, 3.63) is 50.7 Å². The van der Waals surface area contributed by atoms with Gasteiger partial charge in [-0.15, -0.1) is 11.3 Å². The minimum Gasteiger partial charge on any atom is -0.478 e. The molecular weight excluding hydrogens is 312 g/mol. The molecule has 1 heterocycles. The third kappa shape index (κ3) is 3.96. The van der Waals surface area contributed by atoms with E-state index >= 15 is 0 Å². The summed E-state index contributed by atoms with van der Waals surface area (Å²) in [7, 11) is 0. The van der Waals surface area contributed by atoms with Gasteiger partial charge in [0.15, 0.2) is 0 Å². The quantitative estimate of drug-likeness (QED) is 0.801. The van der Waals surface area contributed by atoms with Crippen LogP contribution in [0.2, 0.25) is 5.02 Å². The molecule has 0 radical (unpaired) electrons. The van der Waals surface area contributed by atoms with E-state index < -0.39 is 12.0 Å². The van der Waals surface area contributed by atoms with E-state index in [2.05, 4.69) is 10.6 Å². The van der Waals surface area contributed by atoms with E-state index in [4.69, 9.17) is 16.7 Å². The number of hydrogen-bond donors (Lipinski definition) is 3. The van der Waals surface area contributed by atoms with Gasteiger partial charge in [-0.2, -0.15) is 0 Å². The third-order valence-corrected chi connectivity index (χ3v) is 4.10. The van der Waals surface area contributed by atoms with Crippen molar-refractivity contribution in [3.8, 4) is 0 Å². The number of carboxylic acids is 1. The molecule has 0 saturated carbocycles. The number of urea groups is 1. The SMILES string of the molecule is Cc1ccsc1CNC(=O)Nc1ccc(Cl)cc1C(=O)O. The van der Waals surface area contributed by atoms with E-state index in [9.17, 15) is 9.59 Å². The van der Waals surface area contributed by atoms with Crippen molar-refractivity contribution in [2.75, 3.05) is 5.32 Å². The van der Waals surface area contributed by atoms with Crippen LogP contribution < -0.4 is 10.6 Å². The van der Waals surface area contributed by atoms with Crippen LogP contribution in [0.5, 0.6) is 0 Å². The van der Waals surface area contributed by atoms with E-state index in [0.29, 0.717) is 11.6 Å². The van der Waals surface area contributed by atoms with Gasteiger partial charge >= 0.3 is 12.0 Å². The fourth-order valence-electron chi connectivity index (χ4n) is 1.71. The number of thiophene rings is 1. The second-order valence-electron chi connectivity index (χ2n) is 4.33. The molecule has 0 saturated heterocycles. The first-order valence-electron chi connectivity index (χ1n) is 6.08. The Kier molecular flexibility index (Phi) is 4.82. The molecular formula is C14H13ClN2O3S. The maximum Gasteiger partial charge on any atom is 0.337 e. The summed E-state index contributed by atoms with van der Waals surface area (Å²) in [6, 6.07) is 5.78. The Hall–Kier alpha value is -2.05. The van der Waals surface area contributed by atoms with E-state index in [0.717, 1.165) is 10.4 Å². The van der Waals surface area contributed by atoms with E-state index in [1.165, 1.54) is 18.2 Å². The van der Waals surface area contributed by atoms with Gasteiger partial charge < -0.3 is 15.7 Å². The van der Waals surface area contributed by atoms with Crippen LogP contribution in [-0.2, 0) is 6.54 Å². The molecule has 0 aliphatic rings. The molecule has 2 aromatic rings. The fraction of sp³-hybridized carbons (Fsp3) is 0.143. The lowest BCUT2D eigenvalue weighted by Crippen LogP contribution is -2.28. The summed E-state index contributed by atoms with van der Waals surface area (Å²) in [5, 5.41) is 16.5. The number of benzene rings is 1. The van der Waals surface area contributed by atoms with Crippen molar-refractivity contribution in [1.29, 1.82) is 0 Å². The summed E-state index contributed by atoms with van der Waals surface area (Å²) in [6.07, 6.45) is 0. The van der Waals surface area contributed by atoms with Crippen molar-refractivity contribution < 1.29 is 14.7 Å². The average Bonchev–Trinajstić information content (AvgIpc) is 2.84. The van der Waals surface area contributed by atoms with Crippen molar-refractivity contribution in [1.82, 2.24) is 5.32 Å². The normalized spacial score (nSPS) is 10.2. The lowest BCUT2D eigenvalue weighted by molar-refractivity contribution is 0.0698. The number of carboxylic acid groups (broad SMARTS) is 1. The summed E-state index contributed by atoms with van der Waals surface area (Å²) in [6.45, 7) is 2.36. The molecule has 0 fully saturated rings. The first kappa shape index (κ1) is 15.3. The van der Waals surface area contributed by atoms with E-state index in [1.807, 2.05) is 18.4 Å². The Morgan fingerprint density at radius 2 is 2.10 bits per heavy atom. The lowest BCUT2D eigenvalue weighted by Gasteiger charge is -2.10. The molecule has 0 aliphatic carbocycles. The number of aryl methyl sites for hydroxylation is 1. The van der Waals surface area contributed by atoms with Gasteiger partial charge in [-0.05, 0) is 42.1 Å². The van der Waals surface area contributed by atoms with E-state index in [-0.39, 0.29) is 11.3 Å². The van der Waals surface area contributed by atoms with Crippen molar-refractivity contribution in [2.45, 2.75) is 13.5 Å². The smallest absolute Gasteiger partial charge is 0.337 e. The highest BCUT2D eigenvalue weighted by Gasteiger charge is 2.13. The Morgan fingerprint density at radius 1 is 1.33 bits per heavy atom. The zero-order valence-electron chi connectivity index (χ0n) is 11.1. The van der Waals surface area contributed by atoms with Gasteiger partial charge in [0.05, 0.1) is 17.8 Å². The second kappa shape index (κ2) is 6.60. The molecule has 0 unspecified atom stereocenters. The second-order valence-corrected chi connectivity index (χ2v) is 5.77. The number of aromatic carboxylic acids is 1. The van der Waals surface area contributed by atoms with Crippen molar-refractivity contribution in [3.63, 3.8) is 0 Å². The summed E-state index contributed by atoms with van der Waals surface area (Å²) in [5.74, 6) is -1.15. The van der Waals surface area contributed by atoms with Crippen LogP contribution in [0.1, 0.15) is 20.8 Å². The first-order chi connectivity index (χ1) is 9.97. The van der Waals surface area contributed by atoms with Crippen LogP contribution in [0, 0.1) is 6.92 Å². The molecule has 2 rings (SSSR count). The topological polar surface area (TPSA) is 78.4 Å². The average molecular weight is 325 g/mol. The third-order valence-electron chi connectivity index (χ3n) is 2.84. The molecule has 1 aromatic carbocycles. The van der Waals surface area contributed by atoms with Gasteiger partial charge in [0.2, 0.25) is 0 Å². The number of nitrogens with one attached hydrogen (secondary N) is 2. The van der Waals surface area contributed by atoms with Crippen LogP contribution in [0.3, 0.4) is 0 Å². The highest BCUT2D eigenvalue weighted by atomic mass is 35.5. The maximum atomic E-state index is 11.8. The molecule has 21 heavy (non-hydrogen) atoms. The number of amides is 2. The fourth-order valence-corrected chi connectivity index (χ4v) is 2.73. The van der Waals surface area contributed by atoms with Crippen LogP contribution in [0.4, 0.5) is 10.5 Å². The Morgan fingerprint density at radius 3 is 2.71 bits per heavy atom. The molecule has 1 aromatic heterocycles. The summed E-state index contributed by atoms with van der Waals surface area (Å²) < 4.78 is 0. The predicted octanol–water partition coefficient (Wildman–Crippen LogP) is 3.73. The number of halogens is 1. The van der Waals surface area contributed by atoms with Gasteiger partial charge in [-0.3, -0.25) is 0 Å². The van der Waals surface area contributed by atoms with Crippen LogP contribution in [0.25, 0.3) is 0 Å². The molecule has 0 bridgehead atoms. The largest absolute Gasteiger partial charge is 0.478 e. The van der Waals surface area contributed by atoms with Gasteiger partial charge in [0.25, 0.3) is 0 Å². The molecule has 110 valence electrons. The van der Waals surface area contributed by atoms with Crippen molar-refractivity contribution in [2.24, 2.45) is 0 Å². The summed E-state index contributed by atoms with van der Waals surface area (Å²) in [5.41, 5.74) is 1.26. The van der Waals surface area contributed by atoms with Gasteiger partial charge in [0, 0.05) is 9.90 Å². The molecule has 3 N–H and O–H groups in total. The molecule has 7 heteroatoms. The summed E-state index contributed by atoms with van der Waals surface area (Å²) in [4.78, 5) is 24.0. The number of rotatable bonds is 4. The Balaban J connectivity index is 2.03. The number of carbonyl (C=O) groups excluding carboxylic acids is 1. The van der Waals surface area contributed by atoms with Crippen molar-refractivity contribution >= 4 is 40.6 Å². The highest BCUT2D eigenvalue weighted by molar-refractivity contribution is 7.10. The number of carbonyl (C=O) groups is 2. The minimum absolute atomic E-state index is 0.0510. The van der Waals surface area contributed by atoms with Crippen LogP contribution in [-0.4, -0.2) is 17.1 Å². The Bertz CT molecular complexity index is 685. The zero-order chi connectivity index (χ0) is 15.4. The van der Waals surface area contributed by atoms with E-state index in [1.54, 1.807) is 11.3 Å². The highest BCUT2D eigenvalue weighted by Crippen LogP contribution is 2.21. The molecule has 5 nitrogen and oxygen atoms in total. The van der Waals surface area contributed by atoms with Gasteiger partial charge in [-0.1, -0.05) is 11.6 Å². The van der Waals surface area contributed by atoms with Crippen LogP contribution >= 0.6 is 22.9 Å². The molecule has 0 spiro atoms. The molecule has 0 atom stereocenters. The number of anilines is 1. The monoisotopic (exact) mass is 324 g/mol. The first-order valence-corrected chi connectivity index (χ1v) is 7.34. The number of hydrogen-bond acceptors (Lipinski definition) is 3. The standard InChI is InChI=1S/C14H13ClN2O3S/c1-8-4-5-21-12(8)7-16-14(20)17-11-3-2-9(15)6-10(11)13(18)19/h2-6H,7H2,1H3,(H,18,19)(H2,16,17,20). The summed E-state index contributed by atoms with van der Waals surface area (Å²) >= 11 is 7.31. The van der Waals surface area contributed by atoms with Gasteiger partial charge in [-0.25, -0.2) is 9.59 Å². The molecule has 0 aliphatic heterocycles. The predicted molar refractivity (Wildman–Crippen MR) is 83.3 cm³/mol. The maximum absolute atomic E-state index is 11.8. The lowest BCUT2D eigenvalue weighted by atomic mass is 10.2. The minimum atomic E-state index is -1.15. The van der Waals surface area contributed by atoms with Crippen LogP contribution in [0.15, 0.2) is 29.6 Å². The Labute approximate surface area is 130 Å². The zero-order valence-corrected chi connectivity index (χ0v) is 12.7. The molecule has 2 amide bonds.